The lowest BCUT2D eigenvalue weighted by atomic mass is 10.1. The predicted octanol–water partition coefficient (Wildman–Crippen LogP) is 1.55. The minimum atomic E-state index is 0.130. The highest BCUT2D eigenvalue weighted by atomic mass is 15.3. The zero-order chi connectivity index (χ0) is 10.2. The van der Waals surface area contributed by atoms with Gasteiger partial charge >= 0.3 is 0 Å². The third-order valence-corrected chi connectivity index (χ3v) is 2.76. The van der Waals surface area contributed by atoms with E-state index in [-0.39, 0.29) is 5.54 Å². The van der Waals surface area contributed by atoms with Crippen molar-refractivity contribution in [1.82, 2.24) is 9.88 Å². The largest absolute Gasteiger partial charge is 0.352 e. The molecule has 0 amide bonds. The Morgan fingerprint density at radius 3 is 2.71 bits per heavy atom. The van der Waals surface area contributed by atoms with E-state index in [1.165, 1.54) is 0 Å². The van der Waals surface area contributed by atoms with E-state index >= 15 is 0 Å². The molecule has 0 aromatic carbocycles. The Bertz CT molecular complexity index is 354. The molecule has 0 aliphatic carbocycles. The first kappa shape index (κ1) is 9.19. The molecule has 74 valence electrons. The molecule has 0 bridgehead atoms. The average molecular weight is 189 g/mol. The molecule has 0 fully saturated rings. The third-order valence-electron chi connectivity index (χ3n) is 2.76. The highest BCUT2D eigenvalue weighted by Gasteiger charge is 2.31. The van der Waals surface area contributed by atoms with E-state index in [1.807, 2.05) is 18.3 Å². The summed E-state index contributed by atoms with van der Waals surface area (Å²) in [4.78, 5) is 10.9. The number of hydrogen-bond acceptors (Lipinski definition) is 3. The summed E-state index contributed by atoms with van der Waals surface area (Å²) in [6, 6.07) is 3.99. The molecule has 0 unspecified atom stereocenters. The van der Waals surface area contributed by atoms with Gasteiger partial charge < -0.3 is 4.90 Å². The lowest BCUT2D eigenvalue weighted by Gasteiger charge is -2.30. The monoisotopic (exact) mass is 189 g/mol. The fraction of sp³-hybridized carbons (Fsp3) is 0.455. The van der Waals surface area contributed by atoms with Crippen molar-refractivity contribution >= 4 is 5.84 Å². The summed E-state index contributed by atoms with van der Waals surface area (Å²) in [7, 11) is 2.08. The molecule has 0 saturated heterocycles. The van der Waals surface area contributed by atoms with Crippen molar-refractivity contribution < 1.29 is 0 Å². The first-order valence-electron chi connectivity index (χ1n) is 4.80. The summed E-state index contributed by atoms with van der Waals surface area (Å²) < 4.78 is 0. The maximum absolute atomic E-state index is 4.54. The van der Waals surface area contributed by atoms with Gasteiger partial charge in [0, 0.05) is 25.0 Å². The van der Waals surface area contributed by atoms with Gasteiger partial charge in [0.2, 0.25) is 0 Å². The van der Waals surface area contributed by atoms with E-state index in [0.29, 0.717) is 0 Å². The Hall–Kier alpha value is -1.38. The van der Waals surface area contributed by atoms with Crippen molar-refractivity contribution in [3.05, 3.63) is 30.1 Å². The lowest BCUT2D eigenvalue weighted by molar-refractivity contribution is 0.292. The maximum Gasteiger partial charge on any atom is 0.132 e. The average Bonchev–Trinajstić information content (AvgIpc) is 2.44. The molecule has 1 aromatic heterocycles. The lowest BCUT2D eigenvalue weighted by Crippen LogP contribution is -2.41. The highest BCUT2D eigenvalue weighted by Crippen LogP contribution is 2.22. The fourth-order valence-corrected chi connectivity index (χ4v) is 1.55. The van der Waals surface area contributed by atoms with Crippen LogP contribution in [0.15, 0.2) is 29.5 Å². The van der Waals surface area contributed by atoms with Gasteiger partial charge in [-0.25, -0.2) is 0 Å². The second-order valence-corrected chi connectivity index (χ2v) is 4.25. The molecule has 0 spiro atoms. The summed E-state index contributed by atoms with van der Waals surface area (Å²) in [5.41, 5.74) is 1.23. The van der Waals surface area contributed by atoms with Crippen LogP contribution in [0.25, 0.3) is 0 Å². The smallest absolute Gasteiger partial charge is 0.132 e. The molecular formula is C11H15N3. The quantitative estimate of drug-likeness (QED) is 0.670. The van der Waals surface area contributed by atoms with Gasteiger partial charge in [0.05, 0.1) is 12.1 Å². The number of aromatic nitrogens is 1. The molecule has 0 N–H and O–H groups in total. The molecule has 1 aliphatic heterocycles. The molecule has 1 aliphatic rings. The summed E-state index contributed by atoms with van der Waals surface area (Å²) in [6.45, 7) is 5.24. The van der Waals surface area contributed by atoms with Gasteiger partial charge in [-0.3, -0.25) is 9.98 Å². The molecule has 3 heteroatoms. The Morgan fingerprint density at radius 2 is 2.21 bits per heavy atom. The molecule has 0 saturated carbocycles. The number of nitrogens with zero attached hydrogens (tertiary/aromatic N) is 3. The van der Waals surface area contributed by atoms with Crippen molar-refractivity contribution in [3.63, 3.8) is 0 Å². The molecule has 2 rings (SSSR count). The van der Waals surface area contributed by atoms with Gasteiger partial charge in [0.25, 0.3) is 0 Å². The molecule has 0 radical (unpaired) electrons. The van der Waals surface area contributed by atoms with E-state index in [1.54, 1.807) is 6.20 Å². The predicted molar refractivity (Wildman–Crippen MR) is 57.5 cm³/mol. The topological polar surface area (TPSA) is 28.5 Å². The Kier molecular flexibility index (Phi) is 2.02. The van der Waals surface area contributed by atoms with Crippen LogP contribution in [-0.4, -0.2) is 34.9 Å². The Labute approximate surface area is 84.5 Å². The summed E-state index contributed by atoms with van der Waals surface area (Å²) in [6.07, 6.45) is 3.64. The fourth-order valence-electron chi connectivity index (χ4n) is 1.55. The molecule has 1 aromatic rings. The van der Waals surface area contributed by atoms with Gasteiger partial charge in [0.15, 0.2) is 0 Å². The van der Waals surface area contributed by atoms with Crippen LogP contribution in [0.4, 0.5) is 0 Å². The summed E-state index contributed by atoms with van der Waals surface area (Å²) in [5.74, 6) is 1.04. The zero-order valence-corrected chi connectivity index (χ0v) is 8.86. The van der Waals surface area contributed by atoms with E-state index in [0.717, 1.165) is 17.9 Å². The number of aliphatic imine (C=N–C) groups is 1. The molecular weight excluding hydrogens is 174 g/mol. The van der Waals surface area contributed by atoms with Crippen LogP contribution in [0, 0.1) is 0 Å². The highest BCUT2D eigenvalue weighted by molar-refractivity contribution is 5.99. The first-order valence-corrected chi connectivity index (χ1v) is 4.80. The SMILES string of the molecule is CN1C(c2cccnc2)=NCC1(C)C. The number of rotatable bonds is 1. The summed E-state index contributed by atoms with van der Waals surface area (Å²) in [5, 5.41) is 0. The van der Waals surface area contributed by atoms with Crippen LogP contribution in [0.3, 0.4) is 0 Å². The van der Waals surface area contributed by atoms with Crippen LogP contribution in [-0.2, 0) is 0 Å². The number of hydrogen-bond donors (Lipinski definition) is 0. The van der Waals surface area contributed by atoms with Crippen LogP contribution in [0.2, 0.25) is 0 Å². The van der Waals surface area contributed by atoms with Crippen molar-refractivity contribution in [2.24, 2.45) is 4.99 Å². The van der Waals surface area contributed by atoms with E-state index < -0.39 is 0 Å². The van der Waals surface area contributed by atoms with Gasteiger partial charge in [-0.1, -0.05) is 0 Å². The normalized spacial score (nSPS) is 19.6. The second kappa shape index (κ2) is 3.08. The van der Waals surface area contributed by atoms with Crippen LogP contribution in [0.1, 0.15) is 19.4 Å². The van der Waals surface area contributed by atoms with Crippen LogP contribution >= 0.6 is 0 Å². The van der Waals surface area contributed by atoms with E-state index in [9.17, 15) is 0 Å². The van der Waals surface area contributed by atoms with E-state index in [4.69, 9.17) is 0 Å². The first-order chi connectivity index (χ1) is 6.61. The molecule has 14 heavy (non-hydrogen) atoms. The minimum absolute atomic E-state index is 0.130. The molecule has 2 heterocycles. The number of likely N-dealkylation sites (N-methyl/N-ethyl adjacent to an activating group) is 1. The van der Waals surface area contributed by atoms with Crippen molar-refractivity contribution in [2.45, 2.75) is 19.4 Å². The number of pyridine rings is 1. The van der Waals surface area contributed by atoms with Crippen LogP contribution < -0.4 is 0 Å². The maximum atomic E-state index is 4.54. The molecule has 0 atom stereocenters. The van der Waals surface area contributed by atoms with Crippen molar-refractivity contribution in [2.75, 3.05) is 13.6 Å². The van der Waals surface area contributed by atoms with E-state index in [2.05, 4.69) is 35.8 Å². The standard InChI is InChI=1S/C11H15N3/c1-11(2)8-13-10(14(11)3)9-5-4-6-12-7-9/h4-7H,8H2,1-3H3. The van der Waals surface area contributed by atoms with Gasteiger partial charge in [-0.15, -0.1) is 0 Å². The van der Waals surface area contributed by atoms with Crippen molar-refractivity contribution in [3.8, 4) is 0 Å². The number of amidine groups is 1. The third kappa shape index (κ3) is 1.39. The minimum Gasteiger partial charge on any atom is -0.352 e. The zero-order valence-electron chi connectivity index (χ0n) is 8.86. The van der Waals surface area contributed by atoms with Crippen LogP contribution in [0.5, 0.6) is 0 Å². The van der Waals surface area contributed by atoms with Gasteiger partial charge in [-0.2, -0.15) is 0 Å². The second-order valence-electron chi connectivity index (χ2n) is 4.25. The molecule has 3 nitrogen and oxygen atoms in total. The van der Waals surface area contributed by atoms with Gasteiger partial charge in [-0.05, 0) is 26.0 Å². The van der Waals surface area contributed by atoms with Crippen molar-refractivity contribution in [1.29, 1.82) is 0 Å². The van der Waals surface area contributed by atoms with Gasteiger partial charge in [0.1, 0.15) is 5.84 Å². The Morgan fingerprint density at radius 1 is 1.43 bits per heavy atom. The summed E-state index contributed by atoms with van der Waals surface area (Å²) >= 11 is 0. The Balaban J connectivity index is 2.31.